The first-order chi connectivity index (χ1) is 11.1. The summed E-state index contributed by atoms with van der Waals surface area (Å²) in [5.74, 6) is 0. The minimum absolute atomic E-state index is 0.503. The van der Waals surface area contributed by atoms with Crippen molar-refractivity contribution in [1.82, 2.24) is 5.43 Å². The van der Waals surface area contributed by atoms with Gasteiger partial charge in [0.15, 0.2) is 5.11 Å². The molecule has 2 aromatic carbocycles. The molecule has 4 heteroatoms. The van der Waals surface area contributed by atoms with Gasteiger partial charge in [-0.05, 0) is 55.2 Å². The monoisotopic (exact) mass is 325 g/mol. The molecule has 0 bridgehead atoms. The number of benzene rings is 2. The Balaban J connectivity index is 2.07. The molecule has 23 heavy (non-hydrogen) atoms. The molecule has 3 nitrogen and oxygen atoms in total. The van der Waals surface area contributed by atoms with E-state index in [1.54, 1.807) is 0 Å². The van der Waals surface area contributed by atoms with Crippen molar-refractivity contribution in [2.45, 2.75) is 33.6 Å². The van der Waals surface area contributed by atoms with Crippen LogP contribution in [0.25, 0.3) is 0 Å². The van der Waals surface area contributed by atoms with Crippen LogP contribution in [-0.4, -0.2) is 10.8 Å². The van der Waals surface area contributed by atoms with E-state index in [1.165, 1.54) is 5.56 Å². The topological polar surface area (TPSA) is 36.4 Å². The van der Waals surface area contributed by atoms with E-state index in [9.17, 15) is 0 Å². The van der Waals surface area contributed by atoms with Gasteiger partial charge in [-0.2, -0.15) is 5.10 Å². The van der Waals surface area contributed by atoms with Gasteiger partial charge in [0.05, 0.1) is 5.71 Å². The lowest BCUT2D eigenvalue weighted by Gasteiger charge is -2.12. The van der Waals surface area contributed by atoms with Crippen LogP contribution in [0.3, 0.4) is 0 Å². The third-order valence-corrected chi connectivity index (χ3v) is 3.72. The third-order valence-electron chi connectivity index (χ3n) is 3.53. The molecule has 0 aliphatic carbocycles. The van der Waals surface area contributed by atoms with Crippen molar-refractivity contribution in [1.29, 1.82) is 0 Å². The number of anilines is 1. The van der Waals surface area contributed by atoms with Gasteiger partial charge in [0, 0.05) is 5.69 Å². The van der Waals surface area contributed by atoms with Crippen molar-refractivity contribution in [3.63, 3.8) is 0 Å². The Bertz CT molecular complexity index is 693. The summed E-state index contributed by atoms with van der Waals surface area (Å²) in [6, 6.07) is 16.4. The Morgan fingerprint density at radius 3 is 2.52 bits per heavy atom. The molecule has 0 saturated heterocycles. The van der Waals surface area contributed by atoms with E-state index in [0.717, 1.165) is 35.4 Å². The average Bonchev–Trinajstić information content (AvgIpc) is 2.55. The summed E-state index contributed by atoms with van der Waals surface area (Å²) in [6.45, 7) is 6.26. The van der Waals surface area contributed by atoms with Crippen LogP contribution in [0.2, 0.25) is 0 Å². The predicted octanol–water partition coefficient (Wildman–Crippen LogP) is 4.79. The molecule has 2 aromatic rings. The van der Waals surface area contributed by atoms with Gasteiger partial charge in [0.1, 0.15) is 0 Å². The number of thiocarbonyl (C=S) groups is 1. The highest BCUT2D eigenvalue weighted by atomic mass is 32.1. The van der Waals surface area contributed by atoms with E-state index >= 15 is 0 Å². The van der Waals surface area contributed by atoms with Crippen LogP contribution in [0, 0.1) is 13.8 Å². The zero-order chi connectivity index (χ0) is 16.7. The molecule has 2 rings (SSSR count). The lowest BCUT2D eigenvalue weighted by molar-refractivity contribution is 0.954. The zero-order valence-corrected chi connectivity index (χ0v) is 14.7. The number of nitrogens with zero attached hydrogens (tertiary/aromatic N) is 1. The molecule has 0 unspecified atom stereocenters. The fourth-order valence-electron chi connectivity index (χ4n) is 2.27. The second kappa shape index (κ2) is 8.44. The Morgan fingerprint density at radius 2 is 1.83 bits per heavy atom. The van der Waals surface area contributed by atoms with Crippen LogP contribution in [0.15, 0.2) is 53.6 Å². The molecule has 0 saturated carbocycles. The van der Waals surface area contributed by atoms with Gasteiger partial charge < -0.3 is 5.32 Å². The minimum atomic E-state index is 0.503. The van der Waals surface area contributed by atoms with E-state index in [4.69, 9.17) is 12.2 Å². The minimum Gasteiger partial charge on any atom is -0.331 e. The number of hydrogen-bond acceptors (Lipinski definition) is 2. The largest absolute Gasteiger partial charge is 0.331 e. The van der Waals surface area contributed by atoms with Crippen molar-refractivity contribution in [3.05, 3.63) is 65.2 Å². The van der Waals surface area contributed by atoms with Crippen LogP contribution in [0.4, 0.5) is 5.69 Å². The molecule has 0 fully saturated rings. The number of hydrazone groups is 1. The third kappa shape index (κ3) is 5.18. The summed E-state index contributed by atoms with van der Waals surface area (Å²) < 4.78 is 0. The molecular formula is C19H23N3S. The van der Waals surface area contributed by atoms with E-state index in [1.807, 2.05) is 18.2 Å². The normalized spacial score (nSPS) is 11.2. The first-order valence-corrected chi connectivity index (χ1v) is 8.27. The van der Waals surface area contributed by atoms with Gasteiger partial charge >= 0.3 is 0 Å². The molecule has 0 aliphatic rings. The highest BCUT2D eigenvalue weighted by molar-refractivity contribution is 7.80. The summed E-state index contributed by atoms with van der Waals surface area (Å²) >= 11 is 5.36. The van der Waals surface area contributed by atoms with Gasteiger partial charge in [-0.3, -0.25) is 5.43 Å². The van der Waals surface area contributed by atoms with Crippen LogP contribution in [0.5, 0.6) is 0 Å². The summed E-state index contributed by atoms with van der Waals surface area (Å²) in [6.07, 6.45) is 1.94. The van der Waals surface area contributed by atoms with Gasteiger partial charge in [-0.1, -0.05) is 55.8 Å². The van der Waals surface area contributed by atoms with E-state index in [-0.39, 0.29) is 0 Å². The molecule has 0 spiro atoms. The zero-order valence-electron chi connectivity index (χ0n) is 13.9. The lowest BCUT2D eigenvalue weighted by atomic mass is 10.1. The Labute approximate surface area is 143 Å². The summed E-state index contributed by atoms with van der Waals surface area (Å²) in [7, 11) is 0. The number of nitrogens with one attached hydrogen (secondary N) is 2. The Hall–Kier alpha value is -2.20. The van der Waals surface area contributed by atoms with Gasteiger partial charge in [-0.15, -0.1) is 0 Å². The fraction of sp³-hybridized carbons (Fsp3) is 0.263. The molecule has 0 amide bonds. The summed E-state index contributed by atoms with van der Waals surface area (Å²) in [5, 5.41) is 8.21. The van der Waals surface area contributed by atoms with Crippen molar-refractivity contribution >= 4 is 28.7 Å². The van der Waals surface area contributed by atoms with Gasteiger partial charge in [0.2, 0.25) is 0 Å². The molecular weight excluding hydrogens is 302 g/mol. The van der Waals surface area contributed by atoms with E-state index in [0.29, 0.717) is 5.11 Å². The standard InChI is InChI=1S/C19H23N3S/c1-4-8-17(16-9-6-5-7-10-16)21-22-19(23)20-18-13-14(2)11-12-15(18)3/h5-7,9-13H,4,8H2,1-3H3,(H2,20,22,23)/b21-17+. The van der Waals surface area contributed by atoms with Crippen LogP contribution >= 0.6 is 12.2 Å². The molecule has 2 N–H and O–H groups in total. The SMILES string of the molecule is CCC/C(=N\NC(=S)Nc1cc(C)ccc1C)c1ccccc1. The van der Waals surface area contributed by atoms with Crippen LogP contribution < -0.4 is 10.7 Å². The highest BCUT2D eigenvalue weighted by Gasteiger charge is 2.04. The first-order valence-electron chi connectivity index (χ1n) is 7.86. The van der Waals surface area contributed by atoms with Crippen LogP contribution in [0.1, 0.15) is 36.5 Å². The molecule has 0 aliphatic heterocycles. The molecule has 120 valence electrons. The second-order valence-corrected chi connectivity index (χ2v) is 5.97. The maximum absolute atomic E-state index is 5.36. The summed E-state index contributed by atoms with van der Waals surface area (Å²) in [4.78, 5) is 0. The quantitative estimate of drug-likeness (QED) is 0.471. The highest BCUT2D eigenvalue weighted by Crippen LogP contribution is 2.16. The molecule has 0 atom stereocenters. The van der Waals surface area contributed by atoms with E-state index in [2.05, 4.69) is 66.9 Å². The fourth-order valence-corrected chi connectivity index (χ4v) is 2.43. The van der Waals surface area contributed by atoms with Crippen LogP contribution in [-0.2, 0) is 0 Å². The maximum atomic E-state index is 5.36. The maximum Gasteiger partial charge on any atom is 0.191 e. The average molecular weight is 325 g/mol. The van der Waals surface area contributed by atoms with Crippen molar-refractivity contribution in [2.75, 3.05) is 5.32 Å². The Morgan fingerprint density at radius 1 is 1.09 bits per heavy atom. The van der Waals surface area contributed by atoms with Crippen molar-refractivity contribution in [3.8, 4) is 0 Å². The summed E-state index contributed by atoms with van der Waals surface area (Å²) in [5.41, 5.74) is 8.46. The molecule has 0 radical (unpaired) electrons. The Kier molecular flexibility index (Phi) is 6.29. The van der Waals surface area contributed by atoms with Gasteiger partial charge in [-0.25, -0.2) is 0 Å². The number of aryl methyl sites for hydroxylation is 2. The smallest absolute Gasteiger partial charge is 0.191 e. The predicted molar refractivity (Wildman–Crippen MR) is 103 cm³/mol. The first kappa shape index (κ1) is 17.2. The molecule has 0 aromatic heterocycles. The second-order valence-electron chi connectivity index (χ2n) is 5.56. The molecule has 0 heterocycles. The van der Waals surface area contributed by atoms with E-state index < -0.39 is 0 Å². The number of rotatable bonds is 5. The van der Waals surface area contributed by atoms with Gasteiger partial charge in [0.25, 0.3) is 0 Å². The van der Waals surface area contributed by atoms with Crippen molar-refractivity contribution in [2.24, 2.45) is 5.10 Å². The lowest BCUT2D eigenvalue weighted by Crippen LogP contribution is -2.25. The number of hydrogen-bond donors (Lipinski definition) is 2. The van der Waals surface area contributed by atoms with Crippen molar-refractivity contribution < 1.29 is 0 Å².